The van der Waals surface area contributed by atoms with Crippen LogP contribution in [0.5, 0.6) is 5.75 Å². The average Bonchev–Trinajstić information content (AvgIpc) is 2.70. The summed E-state index contributed by atoms with van der Waals surface area (Å²) in [4.78, 5) is 12.4. The van der Waals surface area contributed by atoms with Crippen LogP contribution in [0, 0.1) is 5.82 Å². The lowest BCUT2D eigenvalue weighted by molar-refractivity contribution is 0.0735. The fourth-order valence-electron chi connectivity index (χ4n) is 3.13. The van der Waals surface area contributed by atoms with Crippen molar-refractivity contribution in [2.75, 3.05) is 0 Å². The summed E-state index contributed by atoms with van der Waals surface area (Å²) in [5.41, 5.74) is 1.40. The van der Waals surface area contributed by atoms with Gasteiger partial charge in [-0.3, -0.25) is 0 Å². The molecule has 29 heavy (non-hydrogen) atoms. The van der Waals surface area contributed by atoms with Crippen molar-refractivity contribution in [1.82, 2.24) is 0 Å². The van der Waals surface area contributed by atoms with Gasteiger partial charge in [0.15, 0.2) is 0 Å². The predicted molar refractivity (Wildman–Crippen MR) is 109 cm³/mol. The summed E-state index contributed by atoms with van der Waals surface area (Å²) in [5, 5.41) is 0.631. The highest BCUT2D eigenvalue weighted by atomic mass is 19.3. The number of esters is 1. The van der Waals surface area contributed by atoms with Crippen molar-refractivity contribution in [1.29, 1.82) is 0 Å². The topological polar surface area (TPSA) is 26.3 Å². The minimum absolute atomic E-state index is 0.177. The van der Waals surface area contributed by atoms with Crippen LogP contribution in [-0.4, -0.2) is 5.97 Å². The third-order valence-corrected chi connectivity index (χ3v) is 4.69. The van der Waals surface area contributed by atoms with Gasteiger partial charge >= 0.3 is 5.97 Å². The van der Waals surface area contributed by atoms with E-state index in [9.17, 15) is 18.0 Å². The van der Waals surface area contributed by atoms with Gasteiger partial charge in [-0.1, -0.05) is 44.0 Å². The second-order valence-corrected chi connectivity index (χ2v) is 6.83. The Kier molecular flexibility index (Phi) is 6.70. The number of hydrogen-bond donors (Lipinski definition) is 0. The number of hydrogen-bond acceptors (Lipinski definition) is 2. The van der Waals surface area contributed by atoms with E-state index >= 15 is 0 Å². The van der Waals surface area contributed by atoms with Gasteiger partial charge in [0, 0.05) is 17.0 Å². The first kappa shape index (κ1) is 20.6. The molecule has 0 radical (unpaired) electrons. The largest absolute Gasteiger partial charge is 0.423 e. The molecule has 5 heteroatoms. The van der Waals surface area contributed by atoms with E-state index in [0.29, 0.717) is 17.0 Å². The summed E-state index contributed by atoms with van der Waals surface area (Å²) in [7, 11) is 0. The molecule has 0 atom stereocenters. The Bertz CT molecular complexity index is 1040. The van der Waals surface area contributed by atoms with Gasteiger partial charge in [-0.2, -0.15) is 8.78 Å². The lowest BCUT2D eigenvalue weighted by Gasteiger charge is -2.08. The molecule has 0 heterocycles. The smallest absolute Gasteiger partial charge is 0.343 e. The molecule has 0 aliphatic carbocycles. The Morgan fingerprint density at radius 2 is 1.76 bits per heavy atom. The van der Waals surface area contributed by atoms with E-state index < -0.39 is 17.9 Å². The molecule has 2 nitrogen and oxygen atoms in total. The van der Waals surface area contributed by atoms with E-state index in [1.165, 1.54) is 42.3 Å². The number of carbonyl (C=O) groups excluding carboxylic acids is 1. The average molecular weight is 398 g/mol. The van der Waals surface area contributed by atoms with Gasteiger partial charge in [0.1, 0.15) is 11.6 Å². The van der Waals surface area contributed by atoms with Crippen molar-refractivity contribution in [2.24, 2.45) is 0 Å². The van der Waals surface area contributed by atoms with E-state index in [2.05, 4.69) is 6.92 Å². The van der Waals surface area contributed by atoms with Gasteiger partial charge in [0.2, 0.25) is 0 Å². The van der Waals surface area contributed by atoms with Crippen LogP contribution < -0.4 is 4.74 Å². The first-order chi connectivity index (χ1) is 14.0. The van der Waals surface area contributed by atoms with Crippen LogP contribution in [0.4, 0.5) is 13.2 Å². The maximum Gasteiger partial charge on any atom is 0.343 e. The first-order valence-corrected chi connectivity index (χ1v) is 9.54. The molecule has 0 bridgehead atoms. The van der Waals surface area contributed by atoms with Crippen molar-refractivity contribution >= 4 is 22.8 Å². The standard InChI is InChI=1S/C24H21F3O2/c1-2-3-4-5-16-6-8-17(9-7-16)24(28)29-20-12-13-21-18(14-20)10-11-19(23(21)27)15-22(25)26/h6-15H,2-5H2,1H3. The molecular weight excluding hydrogens is 377 g/mol. The van der Waals surface area contributed by atoms with E-state index in [4.69, 9.17) is 4.74 Å². The number of benzene rings is 3. The third-order valence-electron chi connectivity index (χ3n) is 4.69. The third kappa shape index (κ3) is 5.25. The second kappa shape index (κ2) is 9.41. The molecule has 0 saturated carbocycles. The molecule has 0 aliphatic heterocycles. The summed E-state index contributed by atoms with van der Waals surface area (Å²) >= 11 is 0. The van der Waals surface area contributed by atoms with Crippen LogP contribution in [-0.2, 0) is 6.42 Å². The summed E-state index contributed by atoms with van der Waals surface area (Å²) in [5.74, 6) is -0.996. The fourth-order valence-corrected chi connectivity index (χ4v) is 3.13. The number of aryl methyl sites for hydroxylation is 1. The Morgan fingerprint density at radius 3 is 2.45 bits per heavy atom. The minimum Gasteiger partial charge on any atom is -0.423 e. The molecule has 0 spiro atoms. The Balaban J connectivity index is 1.74. The van der Waals surface area contributed by atoms with E-state index in [1.54, 1.807) is 12.1 Å². The van der Waals surface area contributed by atoms with Gasteiger partial charge in [-0.25, -0.2) is 9.18 Å². The maximum atomic E-state index is 14.4. The predicted octanol–water partition coefficient (Wildman–Crippen LogP) is 7.17. The quantitative estimate of drug-likeness (QED) is 0.240. The Morgan fingerprint density at radius 1 is 1.00 bits per heavy atom. The van der Waals surface area contributed by atoms with Crippen molar-refractivity contribution in [3.63, 3.8) is 0 Å². The Labute approximate surface area is 167 Å². The zero-order valence-electron chi connectivity index (χ0n) is 16.1. The molecule has 3 aromatic rings. The van der Waals surface area contributed by atoms with Gasteiger partial charge in [-0.05, 0) is 54.1 Å². The molecule has 3 aromatic carbocycles. The Hall–Kier alpha value is -3.08. The lowest BCUT2D eigenvalue weighted by atomic mass is 10.1. The summed E-state index contributed by atoms with van der Waals surface area (Å²) in [6.07, 6.45) is 2.93. The van der Waals surface area contributed by atoms with Gasteiger partial charge in [0.05, 0.1) is 5.56 Å². The molecular formula is C24H21F3O2. The monoisotopic (exact) mass is 398 g/mol. The molecule has 0 N–H and O–H groups in total. The molecule has 3 rings (SSSR count). The van der Waals surface area contributed by atoms with E-state index in [-0.39, 0.29) is 16.7 Å². The molecule has 150 valence electrons. The van der Waals surface area contributed by atoms with Crippen molar-refractivity contribution in [2.45, 2.75) is 32.6 Å². The number of rotatable bonds is 7. The highest BCUT2D eigenvalue weighted by Gasteiger charge is 2.12. The van der Waals surface area contributed by atoms with E-state index in [1.807, 2.05) is 12.1 Å². The number of fused-ring (bicyclic) bond motifs is 1. The highest BCUT2D eigenvalue weighted by Crippen LogP contribution is 2.27. The maximum absolute atomic E-state index is 14.4. The first-order valence-electron chi connectivity index (χ1n) is 9.54. The molecule has 0 amide bonds. The summed E-state index contributed by atoms with van der Waals surface area (Å²) < 4.78 is 44.6. The van der Waals surface area contributed by atoms with Crippen molar-refractivity contribution in [3.05, 3.63) is 83.2 Å². The van der Waals surface area contributed by atoms with E-state index in [0.717, 1.165) is 19.3 Å². The zero-order valence-corrected chi connectivity index (χ0v) is 16.1. The lowest BCUT2D eigenvalue weighted by Crippen LogP contribution is -2.08. The van der Waals surface area contributed by atoms with Gasteiger partial charge in [-0.15, -0.1) is 0 Å². The van der Waals surface area contributed by atoms with Crippen LogP contribution in [0.15, 0.2) is 60.7 Å². The van der Waals surface area contributed by atoms with Crippen LogP contribution >= 0.6 is 0 Å². The SMILES string of the molecule is CCCCCc1ccc(C(=O)Oc2ccc3c(F)c(C=C(F)F)ccc3c2)cc1. The second-order valence-electron chi connectivity index (χ2n) is 6.83. The summed E-state index contributed by atoms with van der Waals surface area (Å²) in [6.45, 7) is 2.15. The fraction of sp³-hybridized carbons (Fsp3) is 0.208. The van der Waals surface area contributed by atoms with Crippen LogP contribution in [0.2, 0.25) is 0 Å². The van der Waals surface area contributed by atoms with Crippen molar-refractivity contribution < 1.29 is 22.7 Å². The number of halogens is 3. The summed E-state index contributed by atoms with van der Waals surface area (Å²) in [6, 6.07) is 14.4. The molecule has 0 fully saturated rings. The highest BCUT2D eigenvalue weighted by molar-refractivity contribution is 5.92. The van der Waals surface area contributed by atoms with Gasteiger partial charge < -0.3 is 4.74 Å². The number of ether oxygens (including phenoxy) is 1. The van der Waals surface area contributed by atoms with Crippen LogP contribution in [0.1, 0.15) is 47.7 Å². The zero-order chi connectivity index (χ0) is 20.8. The van der Waals surface area contributed by atoms with Crippen LogP contribution in [0.3, 0.4) is 0 Å². The van der Waals surface area contributed by atoms with Crippen molar-refractivity contribution in [3.8, 4) is 5.75 Å². The number of carbonyl (C=O) groups is 1. The molecule has 0 aromatic heterocycles. The van der Waals surface area contributed by atoms with Crippen LogP contribution in [0.25, 0.3) is 16.8 Å². The normalized spacial score (nSPS) is 10.8. The molecule has 0 unspecified atom stereocenters. The molecule has 0 saturated heterocycles. The minimum atomic E-state index is -1.97. The number of unbranched alkanes of at least 4 members (excludes halogenated alkanes) is 2. The molecule has 0 aliphatic rings. The van der Waals surface area contributed by atoms with Gasteiger partial charge in [0.25, 0.3) is 6.08 Å².